The number of carbonyl (C=O) groups is 14. The molecular weight excluding hydrogens is 1020 g/mol. The van der Waals surface area contributed by atoms with E-state index in [1.807, 2.05) is 0 Å². The number of cyclic esters (lactones) is 4. The summed E-state index contributed by atoms with van der Waals surface area (Å²) in [6.07, 6.45) is 0. The number of imide groups is 2. The number of amides is 4. The van der Waals surface area contributed by atoms with Crippen LogP contribution in [0, 0.1) is 0 Å². The second-order valence-corrected chi connectivity index (χ2v) is 16.2. The Balaban J connectivity index is 0.000000178. The van der Waals surface area contributed by atoms with Crippen LogP contribution in [-0.4, -0.2) is 100 Å². The molecule has 0 spiro atoms. The highest BCUT2D eigenvalue weighted by Gasteiger charge is 2.42. The highest BCUT2D eigenvalue weighted by Crippen LogP contribution is 2.42. The number of carboxylic acids is 3. The van der Waals surface area contributed by atoms with Crippen LogP contribution in [0.2, 0.25) is 0 Å². The fraction of sp³-hybridized carbons (Fsp3) is 0. The Bertz CT molecular complexity index is 3630. The quantitative estimate of drug-likeness (QED) is 0.0441. The Labute approximate surface area is 425 Å². The normalized spacial score (nSPS) is 13.6. The lowest BCUT2D eigenvalue weighted by atomic mass is 9.85. The van der Waals surface area contributed by atoms with Gasteiger partial charge in [0.2, 0.25) is 0 Å². The van der Waals surface area contributed by atoms with Crippen molar-refractivity contribution < 1.29 is 106 Å². The molecule has 0 radical (unpaired) electrons. The van der Waals surface area contributed by atoms with Crippen LogP contribution in [0.4, 0.5) is 17.1 Å². The topological polar surface area (TPSA) is 378 Å². The summed E-state index contributed by atoms with van der Waals surface area (Å²) in [5.41, 5.74) is 4.72. The van der Waals surface area contributed by atoms with Gasteiger partial charge in [0.05, 0.1) is 50.3 Å². The zero-order valence-electron chi connectivity index (χ0n) is 38.1. The molecule has 7 aromatic rings. The molecule has 0 saturated heterocycles. The molecule has 0 aromatic heterocycles. The Morgan fingerprint density at radius 3 is 0.935 bits per heavy atom. The molecular formula is C52H25N3O22. The van der Waals surface area contributed by atoms with E-state index in [-0.39, 0.29) is 136 Å². The second-order valence-electron chi connectivity index (χ2n) is 16.2. The maximum atomic E-state index is 13.7. The van der Waals surface area contributed by atoms with Crippen LogP contribution in [0.5, 0.6) is 17.2 Å². The number of nitrogens with zero attached hydrogens (tertiary/aromatic N) is 2. The summed E-state index contributed by atoms with van der Waals surface area (Å²) in [4.78, 5) is 169. The molecule has 77 heavy (non-hydrogen) atoms. The third kappa shape index (κ3) is 8.69. The number of carbonyl (C=O) groups excluding carboxylic acids is 11. The van der Waals surface area contributed by atoms with Crippen molar-refractivity contribution in [3.05, 3.63) is 164 Å². The summed E-state index contributed by atoms with van der Waals surface area (Å²) >= 11 is 0. The summed E-state index contributed by atoms with van der Waals surface area (Å²) in [6.45, 7) is 0.307. The molecule has 4 heterocycles. The highest BCUT2D eigenvalue weighted by molar-refractivity contribution is 6.42. The van der Waals surface area contributed by atoms with Gasteiger partial charge in [0.1, 0.15) is 17.2 Å². The summed E-state index contributed by atoms with van der Waals surface area (Å²) in [5, 5.41) is 28.1. The largest absolute Gasteiger partial charge is 0.478 e. The van der Waals surface area contributed by atoms with Gasteiger partial charge < -0.3 is 44.7 Å². The fourth-order valence-electron chi connectivity index (χ4n) is 8.70. The number of ether oxygens (including phenoxy) is 5. The van der Waals surface area contributed by atoms with Crippen molar-refractivity contribution in [3.8, 4) is 17.2 Å². The molecule has 25 nitrogen and oxygen atoms in total. The van der Waals surface area contributed by atoms with E-state index in [9.17, 15) is 77.3 Å². The fourth-order valence-corrected chi connectivity index (χ4v) is 8.70. The van der Waals surface area contributed by atoms with Crippen molar-refractivity contribution in [2.24, 2.45) is 0 Å². The van der Waals surface area contributed by atoms with E-state index in [1.165, 1.54) is 66.7 Å². The number of nitrogen functional groups attached to an aromatic ring is 1. The molecule has 0 bridgehead atoms. The van der Waals surface area contributed by atoms with Gasteiger partial charge in [-0.1, -0.05) is 0 Å². The minimum absolute atomic E-state index is 0.00983. The number of hydrogen-bond acceptors (Lipinski definition) is 20. The first-order chi connectivity index (χ1) is 36.8. The number of rotatable bonds is 11. The van der Waals surface area contributed by atoms with Crippen LogP contribution in [0.25, 0.3) is 21.5 Å². The van der Waals surface area contributed by atoms with Gasteiger partial charge in [0, 0.05) is 67.7 Å². The molecule has 25 heteroatoms. The Morgan fingerprint density at radius 2 is 0.649 bits per heavy atom. The molecule has 4 aliphatic rings. The second kappa shape index (κ2) is 19.3. The summed E-state index contributed by atoms with van der Waals surface area (Å²) in [7, 11) is 0. The summed E-state index contributed by atoms with van der Waals surface area (Å²) in [5.74, 6) is -11.1. The van der Waals surface area contributed by atoms with E-state index >= 15 is 0 Å². The lowest BCUT2D eigenvalue weighted by Gasteiger charge is -2.32. The van der Waals surface area contributed by atoms with Crippen LogP contribution in [0.3, 0.4) is 0 Å². The first kappa shape index (κ1) is 50.2. The maximum Gasteiger partial charge on any atom is 0.346 e. The standard InChI is InChI=1S/C30H14N2O12.C14H4O6.C8H7NO4/c33-11-43-17-7-13(29(39)40)5-15(9-17)31-25(35)19-1-2-20-24-22(4-3-21(23(19)24)27(31)37)28(38)32(26(20)36)16-6-14(30(41)42)8-18(10-16)44-12-34;15-11-5-1-2-6-10-8(14(18)20-12(6)16)4-3-7(9(5)10)13(17)19-11;9-6-1-5(8(11)12)2-7(3-6)13-4-10/h1-12H,(H,39,40)(H,41,42);1-4H;1-4H,9H2,(H,11,12). The van der Waals surface area contributed by atoms with Gasteiger partial charge in [-0.15, -0.1) is 0 Å². The predicted octanol–water partition coefficient (Wildman–Crippen LogP) is 4.87. The van der Waals surface area contributed by atoms with Crippen LogP contribution in [0.1, 0.15) is 114 Å². The van der Waals surface area contributed by atoms with Crippen molar-refractivity contribution in [2.45, 2.75) is 0 Å². The van der Waals surface area contributed by atoms with Crippen LogP contribution < -0.4 is 29.7 Å². The van der Waals surface area contributed by atoms with Crippen molar-refractivity contribution in [3.63, 3.8) is 0 Å². The van der Waals surface area contributed by atoms with Crippen LogP contribution >= 0.6 is 0 Å². The van der Waals surface area contributed by atoms with Gasteiger partial charge in [-0.3, -0.25) is 33.6 Å². The molecule has 0 aliphatic carbocycles. The van der Waals surface area contributed by atoms with Crippen molar-refractivity contribution in [1.29, 1.82) is 0 Å². The number of aromatic carboxylic acids is 3. The van der Waals surface area contributed by atoms with Crippen LogP contribution in [0.15, 0.2) is 103 Å². The third-order valence-corrected chi connectivity index (χ3v) is 11.8. The highest BCUT2D eigenvalue weighted by atomic mass is 16.6. The van der Waals surface area contributed by atoms with Gasteiger partial charge in [-0.25, -0.2) is 43.4 Å². The molecule has 4 amide bonds. The molecule has 0 atom stereocenters. The van der Waals surface area contributed by atoms with E-state index < -0.39 is 65.4 Å². The molecule has 0 unspecified atom stereocenters. The molecule has 0 fully saturated rings. The maximum absolute atomic E-state index is 13.7. The molecule has 4 aliphatic heterocycles. The average molecular weight is 1040 g/mol. The van der Waals surface area contributed by atoms with Crippen molar-refractivity contribution >= 4 is 123 Å². The molecule has 380 valence electrons. The van der Waals surface area contributed by atoms with Gasteiger partial charge in [0.25, 0.3) is 43.0 Å². The monoisotopic (exact) mass is 1040 g/mol. The van der Waals surface area contributed by atoms with Gasteiger partial charge in [0.15, 0.2) is 0 Å². The molecule has 11 rings (SSSR count). The van der Waals surface area contributed by atoms with E-state index in [1.54, 1.807) is 0 Å². The zero-order chi connectivity index (χ0) is 55.3. The van der Waals surface area contributed by atoms with Crippen molar-refractivity contribution in [2.75, 3.05) is 15.5 Å². The zero-order valence-corrected chi connectivity index (χ0v) is 38.1. The van der Waals surface area contributed by atoms with E-state index in [0.29, 0.717) is 9.80 Å². The summed E-state index contributed by atoms with van der Waals surface area (Å²) in [6, 6.07) is 20.8. The van der Waals surface area contributed by atoms with E-state index in [0.717, 1.165) is 36.4 Å². The Kier molecular flexibility index (Phi) is 12.6. The van der Waals surface area contributed by atoms with Gasteiger partial charge in [-0.05, 0) is 84.9 Å². The lowest BCUT2D eigenvalue weighted by molar-refractivity contribution is -0.121. The predicted molar refractivity (Wildman–Crippen MR) is 254 cm³/mol. The minimum Gasteiger partial charge on any atom is -0.478 e. The number of benzene rings is 7. The third-order valence-electron chi connectivity index (χ3n) is 11.8. The number of esters is 4. The van der Waals surface area contributed by atoms with E-state index in [2.05, 4.69) is 14.2 Å². The molecule has 7 aromatic carbocycles. The lowest BCUT2D eigenvalue weighted by Crippen LogP contribution is -2.43. The first-order valence-corrected chi connectivity index (χ1v) is 21.5. The minimum atomic E-state index is -1.42. The van der Waals surface area contributed by atoms with Crippen molar-refractivity contribution in [1.82, 2.24) is 0 Å². The number of hydrogen-bond donors (Lipinski definition) is 4. The first-order valence-electron chi connectivity index (χ1n) is 21.5. The number of carboxylic acid groups (broad SMARTS) is 3. The van der Waals surface area contributed by atoms with Gasteiger partial charge in [-0.2, -0.15) is 0 Å². The Hall–Kier alpha value is -11.8. The average Bonchev–Trinajstić information content (AvgIpc) is 3.41. The summed E-state index contributed by atoms with van der Waals surface area (Å²) < 4.78 is 23.2. The SMILES string of the molecule is Nc1cc(OC=O)cc(C(=O)O)c1.O=C1OC(=O)c2ccc3c4c(ccc1c24)C(=O)OC3=O.O=COc1cc(C(=O)O)cc(N2C(=O)c3ccc4c5c(ccc(c35)C2=O)C(=O)N(c2cc(OC=O)cc(C(=O)O)c2)C4=O)c1. The number of anilines is 3. The number of nitrogens with two attached hydrogens (primary N) is 1. The van der Waals surface area contributed by atoms with E-state index in [4.69, 9.17) is 20.3 Å². The van der Waals surface area contributed by atoms with Crippen LogP contribution in [-0.2, 0) is 23.9 Å². The molecule has 0 saturated carbocycles. The smallest absolute Gasteiger partial charge is 0.346 e. The van der Waals surface area contributed by atoms with Gasteiger partial charge >= 0.3 is 41.8 Å². The molecule has 5 N–H and O–H groups in total. The Morgan fingerprint density at radius 1 is 0.390 bits per heavy atom.